The molecule has 3 nitrogen and oxygen atoms in total. The summed E-state index contributed by atoms with van der Waals surface area (Å²) in [5.41, 5.74) is 0.990. The number of aliphatic hydroxyl groups is 1. The van der Waals surface area contributed by atoms with Gasteiger partial charge in [-0.25, -0.2) is 0 Å². The molecular formula is C15H24BrNO2. The van der Waals surface area contributed by atoms with E-state index in [4.69, 9.17) is 4.74 Å². The lowest BCUT2D eigenvalue weighted by atomic mass is 10.2. The molecular weight excluding hydrogens is 306 g/mol. The molecule has 0 aliphatic heterocycles. The Labute approximate surface area is 124 Å². The highest BCUT2D eigenvalue weighted by atomic mass is 79.9. The van der Waals surface area contributed by atoms with Gasteiger partial charge < -0.3 is 15.2 Å². The fraction of sp³-hybridized carbons (Fsp3) is 0.600. The van der Waals surface area contributed by atoms with E-state index < -0.39 is 6.10 Å². The molecule has 1 atom stereocenters. The quantitative estimate of drug-likeness (QED) is 0.641. The molecule has 1 aromatic rings. The normalized spacial score (nSPS) is 12.4. The lowest BCUT2D eigenvalue weighted by Crippen LogP contribution is -2.25. The van der Waals surface area contributed by atoms with Crippen molar-refractivity contribution in [1.82, 2.24) is 0 Å². The van der Waals surface area contributed by atoms with E-state index in [1.54, 1.807) is 0 Å². The summed E-state index contributed by atoms with van der Waals surface area (Å²) in [6.45, 7) is 3.82. The third kappa shape index (κ3) is 7.55. The van der Waals surface area contributed by atoms with Crippen molar-refractivity contribution < 1.29 is 9.84 Å². The van der Waals surface area contributed by atoms with E-state index in [-0.39, 0.29) is 0 Å². The van der Waals surface area contributed by atoms with Crippen LogP contribution in [0.25, 0.3) is 0 Å². The number of hydrogen-bond donors (Lipinski definition) is 2. The number of benzene rings is 1. The number of hydrogen-bond acceptors (Lipinski definition) is 3. The molecule has 0 fully saturated rings. The second-order valence-electron chi connectivity index (χ2n) is 4.65. The number of unbranched alkanes of at least 4 members (excludes halogenated alkanes) is 3. The molecule has 108 valence electrons. The first-order valence-corrected chi connectivity index (χ1v) is 7.77. The van der Waals surface area contributed by atoms with E-state index in [9.17, 15) is 5.11 Å². The van der Waals surface area contributed by atoms with Crippen LogP contribution >= 0.6 is 15.9 Å². The van der Waals surface area contributed by atoms with Gasteiger partial charge in [0, 0.05) is 23.3 Å². The van der Waals surface area contributed by atoms with Crippen LogP contribution < -0.4 is 5.32 Å². The Balaban J connectivity index is 2.08. The third-order valence-corrected chi connectivity index (χ3v) is 3.55. The Morgan fingerprint density at radius 1 is 1.26 bits per heavy atom. The maximum atomic E-state index is 9.80. The Bertz CT molecular complexity index is 347. The van der Waals surface area contributed by atoms with Crippen LogP contribution in [-0.2, 0) is 4.74 Å². The lowest BCUT2D eigenvalue weighted by Gasteiger charge is -2.14. The first kappa shape index (κ1) is 16.5. The van der Waals surface area contributed by atoms with Crippen LogP contribution in [0.15, 0.2) is 28.7 Å². The summed E-state index contributed by atoms with van der Waals surface area (Å²) in [4.78, 5) is 0. The van der Waals surface area contributed by atoms with E-state index in [1.165, 1.54) is 19.3 Å². The van der Waals surface area contributed by atoms with Crippen LogP contribution in [0.1, 0.15) is 32.6 Å². The largest absolute Gasteiger partial charge is 0.389 e. The van der Waals surface area contributed by atoms with Crippen LogP contribution in [0.2, 0.25) is 0 Å². The highest BCUT2D eigenvalue weighted by molar-refractivity contribution is 9.10. The van der Waals surface area contributed by atoms with E-state index in [1.807, 2.05) is 24.3 Å². The molecule has 0 aromatic heterocycles. The Morgan fingerprint density at radius 3 is 2.79 bits per heavy atom. The molecule has 1 aromatic carbocycles. The SMILES string of the molecule is CCCCCCOCC(O)CNc1ccccc1Br. The number of rotatable bonds is 10. The van der Waals surface area contributed by atoms with Crippen molar-refractivity contribution in [1.29, 1.82) is 0 Å². The van der Waals surface area contributed by atoms with E-state index in [0.29, 0.717) is 13.2 Å². The molecule has 1 unspecified atom stereocenters. The van der Waals surface area contributed by atoms with Crippen molar-refractivity contribution in [3.8, 4) is 0 Å². The topological polar surface area (TPSA) is 41.5 Å². The maximum absolute atomic E-state index is 9.80. The molecule has 4 heteroatoms. The number of anilines is 1. The molecule has 0 saturated heterocycles. The molecule has 0 aliphatic rings. The van der Waals surface area contributed by atoms with Gasteiger partial charge in [-0.05, 0) is 34.5 Å². The van der Waals surface area contributed by atoms with Gasteiger partial charge >= 0.3 is 0 Å². The number of aliphatic hydroxyl groups excluding tert-OH is 1. The number of para-hydroxylation sites is 1. The molecule has 0 aliphatic carbocycles. The molecule has 19 heavy (non-hydrogen) atoms. The summed E-state index contributed by atoms with van der Waals surface area (Å²) >= 11 is 3.46. The first-order chi connectivity index (χ1) is 9.24. The van der Waals surface area contributed by atoms with Gasteiger partial charge in [-0.1, -0.05) is 38.3 Å². The summed E-state index contributed by atoms with van der Waals surface area (Å²) in [5, 5.41) is 13.0. The summed E-state index contributed by atoms with van der Waals surface area (Å²) in [7, 11) is 0. The predicted octanol–water partition coefficient (Wildman–Crippen LogP) is 3.82. The Kier molecular flexibility index (Phi) is 8.88. The van der Waals surface area contributed by atoms with Crippen LogP contribution in [0.5, 0.6) is 0 Å². The average molecular weight is 330 g/mol. The average Bonchev–Trinajstić information content (AvgIpc) is 2.42. The monoisotopic (exact) mass is 329 g/mol. The minimum Gasteiger partial charge on any atom is -0.389 e. The van der Waals surface area contributed by atoms with Gasteiger partial charge in [-0.2, -0.15) is 0 Å². The fourth-order valence-electron chi connectivity index (χ4n) is 1.74. The molecule has 0 bridgehead atoms. The van der Waals surface area contributed by atoms with Crippen LogP contribution in [-0.4, -0.2) is 31.0 Å². The summed E-state index contributed by atoms with van der Waals surface area (Å²) in [5.74, 6) is 0. The molecule has 0 radical (unpaired) electrons. The zero-order chi connectivity index (χ0) is 13.9. The standard InChI is InChI=1S/C15H24BrNO2/c1-2-3-4-7-10-19-12-13(18)11-17-15-9-6-5-8-14(15)16/h5-6,8-9,13,17-18H,2-4,7,10-12H2,1H3. The van der Waals surface area contributed by atoms with Gasteiger partial charge in [0.1, 0.15) is 0 Å². The van der Waals surface area contributed by atoms with Gasteiger partial charge in [-0.15, -0.1) is 0 Å². The second-order valence-corrected chi connectivity index (χ2v) is 5.50. The van der Waals surface area contributed by atoms with Gasteiger partial charge in [0.05, 0.1) is 12.7 Å². The molecule has 2 N–H and O–H groups in total. The predicted molar refractivity (Wildman–Crippen MR) is 83.6 cm³/mol. The molecule has 0 spiro atoms. The summed E-state index contributed by atoms with van der Waals surface area (Å²) in [6, 6.07) is 7.87. The lowest BCUT2D eigenvalue weighted by molar-refractivity contribution is 0.0416. The molecule has 0 amide bonds. The maximum Gasteiger partial charge on any atom is 0.0945 e. The zero-order valence-electron chi connectivity index (χ0n) is 11.6. The van der Waals surface area contributed by atoms with Crippen LogP contribution in [0.4, 0.5) is 5.69 Å². The van der Waals surface area contributed by atoms with Crippen molar-refractivity contribution in [3.05, 3.63) is 28.7 Å². The number of nitrogens with one attached hydrogen (secondary N) is 1. The first-order valence-electron chi connectivity index (χ1n) is 6.98. The highest BCUT2D eigenvalue weighted by Crippen LogP contribution is 2.20. The van der Waals surface area contributed by atoms with Crippen molar-refractivity contribution in [2.75, 3.05) is 25.1 Å². The van der Waals surface area contributed by atoms with Crippen molar-refractivity contribution in [2.24, 2.45) is 0 Å². The van der Waals surface area contributed by atoms with Crippen LogP contribution in [0.3, 0.4) is 0 Å². The second kappa shape index (κ2) is 10.2. The van der Waals surface area contributed by atoms with Crippen LogP contribution in [0, 0.1) is 0 Å². The van der Waals surface area contributed by atoms with Crippen molar-refractivity contribution >= 4 is 21.6 Å². The zero-order valence-corrected chi connectivity index (χ0v) is 13.2. The summed E-state index contributed by atoms with van der Waals surface area (Å²) in [6.07, 6.45) is 4.31. The van der Waals surface area contributed by atoms with Gasteiger partial charge in [-0.3, -0.25) is 0 Å². The number of ether oxygens (including phenoxy) is 1. The highest BCUT2D eigenvalue weighted by Gasteiger charge is 2.05. The molecule has 0 heterocycles. The minimum atomic E-state index is -0.474. The van der Waals surface area contributed by atoms with E-state index in [2.05, 4.69) is 28.2 Å². The Morgan fingerprint density at radius 2 is 2.05 bits per heavy atom. The molecule has 1 rings (SSSR count). The van der Waals surface area contributed by atoms with Crippen molar-refractivity contribution in [3.63, 3.8) is 0 Å². The third-order valence-electron chi connectivity index (χ3n) is 2.85. The summed E-state index contributed by atoms with van der Waals surface area (Å²) < 4.78 is 6.46. The fourth-order valence-corrected chi connectivity index (χ4v) is 2.17. The van der Waals surface area contributed by atoms with E-state index >= 15 is 0 Å². The Hall–Kier alpha value is -0.580. The smallest absolute Gasteiger partial charge is 0.0945 e. The van der Waals surface area contributed by atoms with Gasteiger partial charge in [0.2, 0.25) is 0 Å². The molecule has 0 saturated carbocycles. The minimum absolute atomic E-state index is 0.392. The van der Waals surface area contributed by atoms with Gasteiger partial charge in [0.15, 0.2) is 0 Å². The van der Waals surface area contributed by atoms with Gasteiger partial charge in [0.25, 0.3) is 0 Å². The number of halogens is 1. The van der Waals surface area contributed by atoms with E-state index in [0.717, 1.165) is 23.2 Å². The van der Waals surface area contributed by atoms with Crippen molar-refractivity contribution in [2.45, 2.75) is 38.7 Å².